The molecule has 0 amide bonds. The summed E-state index contributed by atoms with van der Waals surface area (Å²) < 4.78 is 2.43. The van der Waals surface area contributed by atoms with Crippen molar-refractivity contribution in [3.8, 4) is 0 Å². The minimum atomic E-state index is 0.850. The first-order valence-corrected chi connectivity index (χ1v) is 5.05. The Morgan fingerprint density at radius 2 is 1.86 bits per heavy atom. The molecule has 0 aromatic heterocycles. The summed E-state index contributed by atoms with van der Waals surface area (Å²) in [6.45, 7) is 2.61. The first kappa shape index (κ1) is 5.53. The maximum atomic E-state index is 3.47. The van der Waals surface area contributed by atoms with E-state index in [1.807, 2.05) is 0 Å². The predicted molar refractivity (Wildman–Crippen MR) is 32.3 cm³/mol. The maximum absolute atomic E-state index is 3.47. The average Bonchev–Trinajstić information content (AvgIpc) is 2.14. The topological polar surface area (TPSA) is 3.24 Å². The zero-order valence-corrected chi connectivity index (χ0v) is 6.28. The Hall–Kier alpha value is 0.394. The van der Waals surface area contributed by atoms with E-state index in [4.69, 9.17) is 0 Å². The van der Waals surface area contributed by atoms with Crippen molar-refractivity contribution in [1.82, 2.24) is 4.57 Å². The highest BCUT2D eigenvalue weighted by atomic mass is 29.1. The molecule has 1 fully saturated rings. The second kappa shape index (κ2) is 2.64. The lowest BCUT2D eigenvalue weighted by Gasteiger charge is -2.07. The van der Waals surface area contributed by atoms with Crippen molar-refractivity contribution in [1.29, 1.82) is 0 Å². The second-order valence-corrected chi connectivity index (χ2v) is 3.33. The van der Waals surface area contributed by atoms with Gasteiger partial charge in [0.05, 0.1) is 0 Å². The molecule has 3 heteroatoms. The molecule has 1 aliphatic heterocycles. The third-order valence-electron chi connectivity index (χ3n) is 1.26. The van der Waals surface area contributed by atoms with Crippen LogP contribution in [0.5, 0.6) is 0 Å². The van der Waals surface area contributed by atoms with Crippen LogP contribution >= 0.6 is 0 Å². The largest absolute Gasteiger partial charge is 0.328 e. The highest BCUT2D eigenvalue weighted by Crippen LogP contribution is 2.03. The lowest BCUT2D eigenvalue weighted by Crippen LogP contribution is -2.23. The van der Waals surface area contributed by atoms with Crippen LogP contribution in [0, 0.1) is 0 Å². The van der Waals surface area contributed by atoms with Gasteiger partial charge in [0.15, 0.2) is 0 Å². The van der Waals surface area contributed by atoms with Crippen LogP contribution in [0.25, 0.3) is 0 Å². The predicted octanol–water partition coefficient (Wildman–Crippen LogP) is -0.215. The zero-order valence-electron chi connectivity index (χ0n) is 4.28. The van der Waals surface area contributed by atoms with Gasteiger partial charge in [-0.15, -0.1) is 0 Å². The van der Waals surface area contributed by atoms with Gasteiger partial charge in [-0.1, -0.05) is 0 Å². The summed E-state index contributed by atoms with van der Waals surface area (Å²) in [6, 6.07) is 0. The Morgan fingerprint density at radius 1 is 1.29 bits per heavy atom. The fourth-order valence-corrected chi connectivity index (χ4v) is 2.04. The molecule has 0 aromatic rings. The third kappa shape index (κ3) is 1.40. The Bertz CT molecular complexity index is 51.7. The molecular weight excluding hydrogens is 118 g/mol. The Morgan fingerprint density at radius 3 is 2.14 bits per heavy atom. The number of nitrogens with zero attached hydrogens (tertiary/aromatic N) is 1. The van der Waals surface area contributed by atoms with Gasteiger partial charge in [0.1, 0.15) is 9.20 Å². The van der Waals surface area contributed by atoms with Crippen molar-refractivity contribution >= 4 is 19.0 Å². The van der Waals surface area contributed by atoms with Crippen LogP contribution in [0.15, 0.2) is 0 Å². The van der Waals surface area contributed by atoms with Gasteiger partial charge in [0.2, 0.25) is 0 Å². The van der Waals surface area contributed by atoms with E-state index in [1.165, 1.54) is 25.9 Å². The summed E-state index contributed by atoms with van der Waals surface area (Å²) >= 11 is 0. The van der Waals surface area contributed by atoms with Crippen LogP contribution in [0.4, 0.5) is 0 Å². The molecule has 1 rings (SSSR count). The van der Waals surface area contributed by atoms with Gasteiger partial charge in [-0.05, 0) is 25.9 Å². The quantitative estimate of drug-likeness (QED) is 0.439. The van der Waals surface area contributed by atoms with Crippen LogP contribution in [0.3, 0.4) is 0 Å². The van der Waals surface area contributed by atoms with Crippen molar-refractivity contribution in [2.45, 2.75) is 12.8 Å². The standard InChI is InChI=1S/C4H8NSi2/c6-7-5-3-1-2-4-5/h1-4H2. The summed E-state index contributed by atoms with van der Waals surface area (Å²) in [5, 5.41) is 0. The van der Waals surface area contributed by atoms with Gasteiger partial charge in [0, 0.05) is 9.76 Å². The van der Waals surface area contributed by atoms with E-state index in [2.05, 4.69) is 14.3 Å². The molecule has 1 nitrogen and oxygen atoms in total. The van der Waals surface area contributed by atoms with E-state index in [0.717, 1.165) is 9.20 Å². The van der Waals surface area contributed by atoms with E-state index >= 15 is 0 Å². The SMILES string of the molecule is [Si][Si]N1CCCC1. The molecule has 0 aliphatic carbocycles. The van der Waals surface area contributed by atoms with Crippen molar-refractivity contribution in [3.05, 3.63) is 0 Å². The van der Waals surface area contributed by atoms with Gasteiger partial charge < -0.3 is 4.57 Å². The van der Waals surface area contributed by atoms with Gasteiger partial charge in [-0.25, -0.2) is 0 Å². The molecule has 0 bridgehead atoms. The van der Waals surface area contributed by atoms with Crippen LogP contribution in [0.2, 0.25) is 0 Å². The van der Waals surface area contributed by atoms with Crippen LogP contribution < -0.4 is 0 Å². The lowest BCUT2D eigenvalue weighted by atomic mass is 10.4. The summed E-state index contributed by atoms with van der Waals surface area (Å²) in [4.78, 5) is 0. The molecule has 37 valence electrons. The molecule has 1 aliphatic rings. The molecule has 0 unspecified atom stereocenters. The first-order chi connectivity index (χ1) is 3.43. The minimum absolute atomic E-state index is 0.850. The monoisotopic (exact) mass is 126 g/mol. The minimum Gasteiger partial charge on any atom is -0.328 e. The van der Waals surface area contributed by atoms with Crippen LogP contribution in [-0.4, -0.2) is 36.6 Å². The third-order valence-corrected chi connectivity index (χ3v) is 2.98. The highest BCUT2D eigenvalue weighted by molar-refractivity contribution is 6.87. The van der Waals surface area contributed by atoms with Crippen molar-refractivity contribution < 1.29 is 0 Å². The Kier molecular flexibility index (Phi) is 2.09. The van der Waals surface area contributed by atoms with E-state index < -0.39 is 0 Å². The molecule has 0 N–H and O–H groups in total. The molecule has 7 heavy (non-hydrogen) atoms. The van der Waals surface area contributed by atoms with E-state index in [0.29, 0.717) is 0 Å². The van der Waals surface area contributed by atoms with Gasteiger partial charge in [0.25, 0.3) is 0 Å². The average molecular weight is 126 g/mol. The zero-order chi connectivity index (χ0) is 5.11. The molecular formula is C4H8NSi2. The summed E-state index contributed by atoms with van der Waals surface area (Å²) in [7, 11) is 4.32. The summed E-state index contributed by atoms with van der Waals surface area (Å²) in [5.41, 5.74) is 0. The fraction of sp³-hybridized carbons (Fsp3) is 1.00. The normalized spacial score (nSPS) is 23.6. The molecule has 0 atom stereocenters. The van der Waals surface area contributed by atoms with Crippen molar-refractivity contribution in [2.24, 2.45) is 0 Å². The molecule has 0 aromatic carbocycles. The highest BCUT2D eigenvalue weighted by Gasteiger charge is 2.07. The number of hydrogen-bond acceptors (Lipinski definition) is 1. The molecule has 1 saturated heterocycles. The van der Waals surface area contributed by atoms with Crippen LogP contribution in [-0.2, 0) is 0 Å². The van der Waals surface area contributed by atoms with Crippen molar-refractivity contribution in [2.75, 3.05) is 13.1 Å². The van der Waals surface area contributed by atoms with E-state index in [9.17, 15) is 0 Å². The second-order valence-electron chi connectivity index (χ2n) is 1.81. The van der Waals surface area contributed by atoms with Gasteiger partial charge >= 0.3 is 0 Å². The Balaban J connectivity index is 2.14. The van der Waals surface area contributed by atoms with Crippen LogP contribution in [0.1, 0.15) is 12.8 Å². The lowest BCUT2D eigenvalue weighted by molar-refractivity contribution is 0.561. The molecule has 5 radical (unpaired) electrons. The fourth-order valence-electron chi connectivity index (χ4n) is 0.829. The Labute approximate surface area is 50.2 Å². The van der Waals surface area contributed by atoms with Gasteiger partial charge in [-0.2, -0.15) is 0 Å². The summed E-state index contributed by atoms with van der Waals surface area (Å²) in [6.07, 6.45) is 2.80. The maximum Gasteiger partial charge on any atom is 0.116 e. The number of hydrogen-bond donors (Lipinski definition) is 0. The molecule has 1 heterocycles. The van der Waals surface area contributed by atoms with E-state index in [1.54, 1.807) is 0 Å². The number of rotatable bonds is 1. The first-order valence-electron chi connectivity index (χ1n) is 2.61. The summed E-state index contributed by atoms with van der Waals surface area (Å²) in [5.74, 6) is 0. The molecule has 0 spiro atoms. The van der Waals surface area contributed by atoms with E-state index in [-0.39, 0.29) is 0 Å². The van der Waals surface area contributed by atoms with Gasteiger partial charge in [-0.3, -0.25) is 0 Å². The van der Waals surface area contributed by atoms with Crippen molar-refractivity contribution in [3.63, 3.8) is 0 Å². The molecule has 0 saturated carbocycles. The smallest absolute Gasteiger partial charge is 0.116 e.